The van der Waals surface area contributed by atoms with Crippen LogP contribution in [-0.2, 0) is 28.2 Å². The Bertz CT molecular complexity index is 1030. The maximum atomic E-state index is 12.2. The zero-order valence-corrected chi connectivity index (χ0v) is 15.0. The van der Waals surface area contributed by atoms with E-state index in [2.05, 4.69) is 10.3 Å². The number of hydrogen-bond acceptors (Lipinski definition) is 4. The number of rotatable bonds is 5. The number of carbonyl (C=O) groups excluding carboxylic acids is 1. The molecule has 3 rings (SSSR count). The summed E-state index contributed by atoms with van der Waals surface area (Å²) >= 11 is 5.75. The van der Waals surface area contributed by atoms with Crippen LogP contribution in [0.1, 0.15) is 5.82 Å². The van der Waals surface area contributed by atoms with Gasteiger partial charge in [0.25, 0.3) is 0 Å². The van der Waals surface area contributed by atoms with E-state index in [9.17, 15) is 13.2 Å². The molecule has 1 aromatic heterocycles. The number of para-hydroxylation sites is 2. The van der Waals surface area contributed by atoms with E-state index >= 15 is 0 Å². The highest BCUT2D eigenvalue weighted by molar-refractivity contribution is 7.92. The van der Waals surface area contributed by atoms with E-state index in [0.717, 1.165) is 11.0 Å². The standard InChI is InChI=1S/C17H16ClN3O3S/c1-21-15-5-3-2-4-14(15)20-16(21)10-19-17(22)11-25(23,24)13-8-6-12(18)7-9-13/h2-9H,10-11H2,1H3,(H,19,22). The quantitative estimate of drug-likeness (QED) is 0.739. The van der Waals surface area contributed by atoms with Gasteiger partial charge in [0, 0.05) is 12.1 Å². The van der Waals surface area contributed by atoms with Gasteiger partial charge < -0.3 is 9.88 Å². The second kappa shape index (κ2) is 6.85. The van der Waals surface area contributed by atoms with Crippen molar-refractivity contribution in [3.05, 3.63) is 59.4 Å². The maximum Gasteiger partial charge on any atom is 0.235 e. The number of hydrogen-bond donors (Lipinski definition) is 1. The fourth-order valence-electron chi connectivity index (χ4n) is 2.48. The lowest BCUT2D eigenvalue weighted by Gasteiger charge is -2.07. The number of aryl methyl sites for hydroxylation is 1. The van der Waals surface area contributed by atoms with Crippen LogP contribution >= 0.6 is 11.6 Å². The van der Waals surface area contributed by atoms with Gasteiger partial charge in [0.1, 0.15) is 11.6 Å². The first-order chi connectivity index (χ1) is 11.9. The van der Waals surface area contributed by atoms with Crippen LogP contribution < -0.4 is 5.32 Å². The number of halogens is 1. The van der Waals surface area contributed by atoms with Crippen LogP contribution in [0.15, 0.2) is 53.4 Å². The lowest BCUT2D eigenvalue weighted by molar-refractivity contribution is -0.118. The van der Waals surface area contributed by atoms with Crippen LogP contribution in [0.2, 0.25) is 5.02 Å². The number of nitrogens with zero attached hydrogens (tertiary/aromatic N) is 2. The molecule has 2 aromatic carbocycles. The number of nitrogens with one attached hydrogen (secondary N) is 1. The molecule has 0 radical (unpaired) electrons. The minimum Gasteiger partial charge on any atom is -0.348 e. The van der Waals surface area contributed by atoms with Crippen LogP contribution in [0.5, 0.6) is 0 Å². The zero-order valence-electron chi connectivity index (χ0n) is 13.4. The van der Waals surface area contributed by atoms with E-state index in [4.69, 9.17) is 11.6 Å². The second-order valence-electron chi connectivity index (χ2n) is 5.57. The molecule has 3 aromatic rings. The van der Waals surface area contributed by atoms with Gasteiger partial charge in [0.2, 0.25) is 5.91 Å². The maximum absolute atomic E-state index is 12.2. The number of amides is 1. The summed E-state index contributed by atoms with van der Waals surface area (Å²) in [6.45, 7) is 0.153. The largest absolute Gasteiger partial charge is 0.348 e. The van der Waals surface area contributed by atoms with Gasteiger partial charge in [-0.05, 0) is 36.4 Å². The molecule has 1 amide bonds. The van der Waals surface area contributed by atoms with Crippen molar-refractivity contribution < 1.29 is 13.2 Å². The van der Waals surface area contributed by atoms with Crippen molar-refractivity contribution in [3.8, 4) is 0 Å². The highest BCUT2D eigenvalue weighted by Gasteiger charge is 2.19. The molecule has 6 nitrogen and oxygen atoms in total. The summed E-state index contributed by atoms with van der Waals surface area (Å²) < 4.78 is 26.4. The highest BCUT2D eigenvalue weighted by Crippen LogP contribution is 2.16. The fraction of sp³-hybridized carbons (Fsp3) is 0.176. The number of carbonyl (C=O) groups is 1. The molecule has 0 unspecified atom stereocenters. The molecule has 0 aliphatic carbocycles. The van der Waals surface area contributed by atoms with E-state index in [1.54, 1.807) is 0 Å². The summed E-state index contributed by atoms with van der Waals surface area (Å²) in [6.07, 6.45) is 0. The van der Waals surface area contributed by atoms with Crippen molar-refractivity contribution in [1.29, 1.82) is 0 Å². The van der Waals surface area contributed by atoms with Crippen LogP contribution in [0.4, 0.5) is 0 Å². The summed E-state index contributed by atoms with van der Waals surface area (Å²) in [7, 11) is -1.86. The van der Waals surface area contributed by atoms with Gasteiger partial charge in [0.15, 0.2) is 9.84 Å². The summed E-state index contributed by atoms with van der Waals surface area (Å²) in [5, 5.41) is 3.05. The summed E-state index contributed by atoms with van der Waals surface area (Å²) in [5.41, 5.74) is 1.77. The minimum atomic E-state index is -3.71. The average molecular weight is 378 g/mol. The van der Waals surface area contributed by atoms with Crippen LogP contribution in [0.3, 0.4) is 0 Å². The van der Waals surface area contributed by atoms with Gasteiger partial charge in [-0.15, -0.1) is 0 Å². The fourth-order valence-corrected chi connectivity index (χ4v) is 3.77. The van der Waals surface area contributed by atoms with Crippen LogP contribution in [0.25, 0.3) is 11.0 Å². The van der Waals surface area contributed by atoms with Gasteiger partial charge in [0.05, 0.1) is 22.5 Å². The van der Waals surface area contributed by atoms with Gasteiger partial charge in [-0.1, -0.05) is 23.7 Å². The monoisotopic (exact) mass is 377 g/mol. The predicted molar refractivity (Wildman–Crippen MR) is 96.1 cm³/mol. The summed E-state index contributed by atoms with van der Waals surface area (Å²) in [4.78, 5) is 16.5. The van der Waals surface area contributed by atoms with E-state index in [1.165, 1.54) is 24.3 Å². The van der Waals surface area contributed by atoms with E-state index < -0.39 is 21.5 Å². The Morgan fingerprint density at radius 3 is 2.52 bits per heavy atom. The SMILES string of the molecule is Cn1c(CNC(=O)CS(=O)(=O)c2ccc(Cl)cc2)nc2ccccc21. The van der Waals surface area contributed by atoms with Crippen LogP contribution in [-0.4, -0.2) is 29.6 Å². The lowest BCUT2D eigenvalue weighted by atomic mass is 10.3. The average Bonchev–Trinajstić information content (AvgIpc) is 2.89. The molecule has 0 saturated carbocycles. The topological polar surface area (TPSA) is 81.1 Å². The number of sulfone groups is 1. The van der Waals surface area contributed by atoms with E-state index in [0.29, 0.717) is 10.8 Å². The minimum absolute atomic E-state index is 0.0646. The molecule has 0 saturated heterocycles. The van der Waals surface area contributed by atoms with Crippen molar-refractivity contribution >= 4 is 38.4 Å². The Morgan fingerprint density at radius 2 is 1.84 bits per heavy atom. The van der Waals surface area contributed by atoms with Crippen molar-refractivity contribution in [2.75, 3.05) is 5.75 Å². The first-order valence-electron chi connectivity index (χ1n) is 7.52. The van der Waals surface area contributed by atoms with Gasteiger partial charge in [-0.3, -0.25) is 4.79 Å². The number of fused-ring (bicyclic) bond motifs is 1. The third kappa shape index (κ3) is 3.83. The molecule has 1 N–H and O–H groups in total. The normalized spacial score (nSPS) is 11.6. The molecule has 25 heavy (non-hydrogen) atoms. The molecule has 0 spiro atoms. The highest BCUT2D eigenvalue weighted by atomic mass is 35.5. The number of imidazole rings is 1. The Hall–Kier alpha value is -2.38. The summed E-state index contributed by atoms with van der Waals surface area (Å²) in [6, 6.07) is 13.3. The molecule has 0 aliphatic heterocycles. The van der Waals surface area contributed by atoms with Crippen LogP contribution in [0, 0.1) is 0 Å². The molecular weight excluding hydrogens is 362 g/mol. The third-order valence-corrected chi connectivity index (χ3v) is 5.70. The van der Waals surface area contributed by atoms with Crippen molar-refractivity contribution in [3.63, 3.8) is 0 Å². The van der Waals surface area contributed by atoms with Gasteiger partial charge in [-0.25, -0.2) is 13.4 Å². The molecule has 0 bridgehead atoms. The first kappa shape index (κ1) is 17.4. The second-order valence-corrected chi connectivity index (χ2v) is 7.99. The lowest BCUT2D eigenvalue weighted by Crippen LogP contribution is -2.30. The van der Waals surface area contributed by atoms with Crippen molar-refractivity contribution in [1.82, 2.24) is 14.9 Å². The Balaban J connectivity index is 1.68. The molecule has 8 heteroatoms. The van der Waals surface area contributed by atoms with Crippen molar-refractivity contribution in [2.45, 2.75) is 11.4 Å². The van der Waals surface area contributed by atoms with Crippen molar-refractivity contribution in [2.24, 2.45) is 7.05 Å². The zero-order chi connectivity index (χ0) is 18.0. The molecule has 130 valence electrons. The Morgan fingerprint density at radius 1 is 1.16 bits per heavy atom. The van der Waals surface area contributed by atoms with E-state index in [-0.39, 0.29) is 11.4 Å². The third-order valence-electron chi connectivity index (χ3n) is 3.82. The Kier molecular flexibility index (Phi) is 4.78. The smallest absolute Gasteiger partial charge is 0.235 e. The molecule has 0 fully saturated rings. The molecular formula is C17H16ClN3O3S. The van der Waals surface area contributed by atoms with Gasteiger partial charge >= 0.3 is 0 Å². The molecule has 0 aliphatic rings. The number of benzene rings is 2. The first-order valence-corrected chi connectivity index (χ1v) is 9.55. The number of aromatic nitrogens is 2. The molecule has 1 heterocycles. The summed E-state index contributed by atoms with van der Waals surface area (Å²) in [5.74, 6) is -0.557. The van der Waals surface area contributed by atoms with Gasteiger partial charge in [-0.2, -0.15) is 0 Å². The Labute approximate surface area is 150 Å². The molecule has 0 atom stereocenters. The van der Waals surface area contributed by atoms with E-state index in [1.807, 2.05) is 35.9 Å². The predicted octanol–water partition coefficient (Wildman–Crippen LogP) is 2.32.